The first kappa shape index (κ1) is 18.4. The van der Waals surface area contributed by atoms with E-state index in [9.17, 15) is 4.79 Å². The first-order valence-electron chi connectivity index (χ1n) is 8.78. The molecule has 0 bridgehead atoms. The number of benzene rings is 2. The van der Waals surface area contributed by atoms with Gasteiger partial charge in [-0.1, -0.05) is 0 Å². The highest BCUT2D eigenvalue weighted by Gasteiger charge is 2.20. The van der Waals surface area contributed by atoms with Crippen molar-refractivity contribution in [3.8, 4) is 22.9 Å². The quantitative estimate of drug-likeness (QED) is 0.461. The van der Waals surface area contributed by atoms with Crippen LogP contribution in [0.1, 0.15) is 29.3 Å². The van der Waals surface area contributed by atoms with Crippen LogP contribution in [0, 0.1) is 0 Å². The van der Waals surface area contributed by atoms with Crippen LogP contribution < -0.4 is 4.74 Å². The molecule has 0 aliphatic rings. The molecule has 0 radical (unpaired) electrons. The van der Waals surface area contributed by atoms with Gasteiger partial charge in [0.2, 0.25) is 5.89 Å². The Morgan fingerprint density at radius 1 is 1.07 bits per heavy atom. The second kappa shape index (κ2) is 7.93. The van der Waals surface area contributed by atoms with Crippen molar-refractivity contribution < 1.29 is 18.7 Å². The van der Waals surface area contributed by atoms with Crippen molar-refractivity contribution in [3.63, 3.8) is 0 Å². The molecule has 2 heterocycles. The molecule has 4 aromatic rings. The van der Waals surface area contributed by atoms with Gasteiger partial charge in [0.25, 0.3) is 5.89 Å². The number of esters is 1. The predicted octanol–water partition coefficient (Wildman–Crippen LogP) is 3.24. The van der Waals surface area contributed by atoms with Gasteiger partial charge < -0.3 is 13.9 Å². The Morgan fingerprint density at radius 2 is 1.83 bits per heavy atom. The van der Waals surface area contributed by atoms with E-state index in [1.54, 1.807) is 61.4 Å². The van der Waals surface area contributed by atoms with E-state index in [0.29, 0.717) is 11.5 Å². The third-order valence-electron chi connectivity index (χ3n) is 4.20. The van der Waals surface area contributed by atoms with Gasteiger partial charge in [-0.3, -0.25) is 0 Å². The first-order valence-corrected chi connectivity index (χ1v) is 8.78. The summed E-state index contributed by atoms with van der Waals surface area (Å²) in [6.45, 7) is 1.67. The third kappa shape index (κ3) is 3.98. The standard InChI is InChI=1S/C20H17N5O4/c1-13(18-23-24-19(29-18)14-5-9-17(27-2)10-6-14)28-20(26)15-3-7-16(8-4-15)25-12-21-11-22-25/h3-13H,1-2H3. The van der Waals surface area contributed by atoms with Crippen LogP contribution in [-0.2, 0) is 4.74 Å². The number of hydrogen-bond donors (Lipinski definition) is 0. The summed E-state index contributed by atoms with van der Waals surface area (Å²) in [5.74, 6) is 0.781. The van der Waals surface area contributed by atoms with Crippen LogP contribution in [-0.4, -0.2) is 38.0 Å². The van der Waals surface area contributed by atoms with Crippen molar-refractivity contribution in [2.24, 2.45) is 0 Å². The van der Waals surface area contributed by atoms with Gasteiger partial charge in [-0.05, 0) is 55.5 Å². The SMILES string of the molecule is COc1ccc(-c2nnc(C(C)OC(=O)c3ccc(-n4cncn4)cc3)o2)cc1. The molecule has 0 spiro atoms. The highest BCUT2D eigenvalue weighted by Crippen LogP contribution is 2.25. The molecule has 0 saturated carbocycles. The Bertz CT molecular complexity index is 1090. The van der Waals surface area contributed by atoms with Crippen molar-refractivity contribution in [2.45, 2.75) is 13.0 Å². The zero-order valence-corrected chi connectivity index (χ0v) is 15.7. The number of ether oxygens (including phenoxy) is 2. The van der Waals surface area contributed by atoms with E-state index < -0.39 is 12.1 Å². The van der Waals surface area contributed by atoms with Gasteiger partial charge >= 0.3 is 5.97 Å². The summed E-state index contributed by atoms with van der Waals surface area (Å²) in [4.78, 5) is 16.3. The number of aromatic nitrogens is 5. The van der Waals surface area contributed by atoms with Crippen molar-refractivity contribution in [1.82, 2.24) is 25.0 Å². The van der Waals surface area contributed by atoms with Gasteiger partial charge in [0.05, 0.1) is 18.4 Å². The van der Waals surface area contributed by atoms with Crippen molar-refractivity contribution >= 4 is 5.97 Å². The third-order valence-corrected chi connectivity index (χ3v) is 4.20. The molecule has 146 valence electrons. The maximum atomic E-state index is 12.4. The summed E-state index contributed by atoms with van der Waals surface area (Å²) in [6.07, 6.45) is 2.32. The molecular formula is C20H17N5O4. The second-order valence-corrected chi connectivity index (χ2v) is 6.11. The average molecular weight is 391 g/mol. The molecule has 0 fully saturated rings. The predicted molar refractivity (Wildman–Crippen MR) is 101 cm³/mol. The Labute approximate surface area is 165 Å². The molecule has 1 atom stereocenters. The van der Waals surface area contributed by atoms with Crippen LogP contribution in [0.15, 0.2) is 65.6 Å². The minimum Gasteiger partial charge on any atom is -0.497 e. The van der Waals surface area contributed by atoms with Gasteiger partial charge in [-0.2, -0.15) is 5.10 Å². The lowest BCUT2D eigenvalue weighted by molar-refractivity contribution is 0.0280. The van der Waals surface area contributed by atoms with E-state index in [-0.39, 0.29) is 5.89 Å². The Balaban J connectivity index is 1.43. The number of rotatable bonds is 6. The minimum absolute atomic E-state index is 0.211. The summed E-state index contributed by atoms with van der Waals surface area (Å²) in [5.41, 5.74) is 1.93. The first-order chi connectivity index (χ1) is 14.1. The summed E-state index contributed by atoms with van der Waals surface area (Å²) in [5, 5.41) is 12.0. The van der Waals surface area contributed by atoms with Gasteiger partial charge in [-0.25, -0.2) is 14.5 Å². The van der Waals surface area contributed by atoms with Crippen LogP contribution >= 0.6 is 0 Å². The summed E-state index contributed by atoms with van der Waals surface area (Å²) in [7, 11) is 1.60. The van der Waals surface area contributed by atoms with E-state index in [2.05, 4.69) is 20.3 Å². The highest BCUT2D eigenvalue weighted by atomic mass is 16.6. The zero-order chi connectivity index (χ0) is 20.2. The monoisotopic (exact) mass is 391 g/mol. The second-order valence-electron chi connectivity index (χ2n) is 6.11. The summed E-state index contributed by atoms with van der Waals surface area (Å²) >= 11 is 0. The van der Waals surface area contributed by atoms with Gasteiger partial charge in [-0.15, -0.1) is 10.2 Å². The molecule has 4 rings (SSSR count). The molecule has 0 aliphatic heterocycles. The van der Waals surface area contributed by atoms with Crippen LogP contribution in [0.25, 0.3) is 17.1 Å². The number of carbonyl (C=O) groups is 1. The van der Waals surface area contributed by atoms with Crippen molar-refractivity contribution in [2.75, 3.05) is 7.11 Å². The Hall–Kier alpha value is -4.01. The normalized spacial score (nSPS) is 11.8. The lowest BCUT2D eigenvalue weighted by Gasteiger charge is -2.09. The molecule has 0 amide bonds. The van der Waals surface area contributed by atoms with Gasteiger partial charge in [0.1, 0.15) is 18.4 Å². The van der Waals surface area contributed by atoms with Gasteiger partial charge in [0.15, 0.2) is 6.10 Å². The Kier molecular flexibility index (Phi) is 5.02. The number of hydrogen-bond acceptors (Lipinski definition) is 8. The van der Waals surface area contributed by atoms with Crippen molar-refractivity contribution in [3.05, 3.63) is 72.6 Å². The lowest BCUT2D eigenvalue weighted by atomic mass is 10.2. The number of methoxy groups -OCH3 is 1. The topological polar surface area (TPSA) is 105 Å². The van der Waals surface area contributed by atoms with E-state index in [4.69, 9.17) is 13.9 Å². The average Bonchev–Trinajstić information content (AvgIpc) is 3.46. The van der Waals surface area contributed by atoms with Gasteiger partial charge in [0, 0.05) is 5.56 Å². The van der Waals surface area contributed by atoms with Crippen molar-refractivity contribution in [1.29, 1.82) is 0 Å². The lowest BCUT2D eigenvalue weighted by Crippen LogP contribution is -2.09. The molecule has 0 N–H and O–H groups in total. The molecule has 9 heteroatoms. The van der Waals surface area contributed by atoms with Crippen LogP contribution in [0.3, 0.4) is 0 Å². The van der Waals surface area contributed by atoms with Crippen LogP contribution in [0.2, 0.25) is 0 Å². The fourth-order valence-electron chi connectivity index (χ4n) is 2.62. The molecule has 29 heavy (non-hydrogen) atoms. The van der Waals surface area contributed by atoms with E-state index in [0.717, 1.165) is 17.0 Å². The highest BCUT2D eigenvalue weighted by molar-refractivity contribution is 5.89. The van der Waals surface area contributed by atoms with E-state index in [1.165, 1.54) is 6.33 Å². The molecular weight excluding hydrogens is 374 g/mol. The summed E-state index contributed by atoms with van der Waals surface area (Å²) in [6, 6.07) is 14.0. The summed E-state index contributed by atoms with van der Waals surface area (Å²) < 4.78 is 17.8. The molecule has 1 unspecified atom stereocenters. The van der Waals surface area contributed by atoms with E-state index >= 15 is 0 Å². The molecule has 0 saturated heterocycles. The molecule has 2 aromatic carbocycles. The zero-order valence-electron chi connectivity index (χ0n) is 15.7. The number of carbonyl (C=O) groups excluding carboxylic acids is 1. The minimum atomic E-state index is -0.697. The fraction of sp³-hybridized carbons (Fsp3) is 0.150. The maximum absolute atomic E-state index is 12.4. The van der Waals surface area contributed by atoms with E-state index in [1.807, 2.05) is 12.1 Å². The maximum Gasteiger partial charge on any atom is 0.338 e. The largest absolute Gasteiger partial charge is 0.497 e. The molecule has 9 nitrogen and oxygen atoms in total. The van der Waals surface area contributed by atoms with Crippen LogP contribution in [0.5, 0.6) is 5.75 Å². The Morgan fingerprint density at radius 3 is 2.48 bits per heavy atom. The molecule has 0 aliphatic carbocycles. The van der Waals surface area contributed by atoms with Crippen LogP contribution in [0.4, 0.5) is 0 Å². The number of nitrogens with zero attached hydrogens (tertiary/aromatic N) is 5. The smallest absolute Gasteiger partial charge is 0.338 e. The molecule has 2 aromatic heterocycles. The fourth-order valence-corrected chi connectivity index (χ4v) is 2.62.